The monoisotopic (exact) mass is 425 g/mol. The Kier molecular flexibility index (Phi) is 5.78. The van der Waals surface area contributed by atoms with E-state index >= 15 is 0 Å². The summed E-state index contributed by atoms with van der Waals surface area (Å²) in [5, 5.41) is 0. The van der Waals surface area contributed by atoms with Crippen LogP contribution in [0, 0.1) is 0 Å². The number of anilines is 3. The van der Waals surface area contributed by atoms with Gasteiger partial charge in [-0.25, -0.2) is 0 Å². The van der Waals surface area contributed by atoms with Crippen LogP contribution in [0.2, 0.25) is 0 Å². The van der Waals surface area contributed by atoms with E-state index in [-0.39, 0.29) is 5.41 Å². The molecule has 1 heteroatoms. The molecule has 0 aliphatic heterocycles. The van der Waals surface area contributed by atoms with Crippen LogP contribution >= 0.6 is 0 Å². The van der Waals surface area contributed by atoms with Gasteiger partial charge in [0.15, 0.2) is 0 Å². The minimum Gasteiger partial charge on any atom is -0.311 e. The first-order valence-electron chi connectivity index (χ1n) is 11.4. The van der Waals surface area contributed by atoms with Gasteiger partial charge in [-0.2, -0.15) is 0 Å². The Bertz CT molecular complexity index is 1200. The summed E-state index contributed by atoms with van der Waals surface area (Å²) in [6.07, 6.45) is 0. The van der Waals surface area contributed by atoms with Gasteiger partial charge in [-0.05, 0) is 60.0 Å². The molecule has 0 radical (unpaired) electrons. The second kappa shape index (κ2) is 9.18. The molecule has 5 rings (SSSR count). The molecule has 0 spiro atoms. The van der Waals surface area contributed by atoms with E-state index in [1.807, 2.05) is 0 Å². The third kappa shape index (κ3) is 4.06. The first-order chi connectivity index (χ1) is 16.3. The second-order valence-electron chi connectivity index (χ2n) is 8.41. The maximum atomic E-state index is 2.32. The summed E-state index contributed by atoms with van der Waals surface area (Å²) in [6, 6.07) is 51.6. The first kappa shape index (κ1) is 20.8. The minimum atomic E-state index is -0.245. The van der Waals surface area contributed by atoms with Gasteiger partial charge in [0.25, 0.3) is 0 Å². The molecule has 5 aromatic rings. The number of rotatable bonds is 6. The Labute approximate surface area is 196 Å². The van der Waals surface area contributed by atoms with Gasteiger partial charge in [0.05, 0.1) is 0 Å². The quantitative estimate of drug-likeness (QED) is 0.246. The zero-order chi connectivity index (χ0) is 22.5. The molecule has 5 aromatic carbocycles. The second-order valence-corrected chi connectivity index (χ2v) is 8.41. The van der Waals surface area contributed by atoms with Gasteiger partial charge in [0.2, 0.25) is 0 Å². The van der Waals surface area contributed by atoms with Crippen LogP contribution in [0.1, 0.15) is 23.6 Å². The fourth-order valence-corrected chi connectivity index (χ4v) is 4.59. The van der Waals surface area contributed by atoms with Crippen molar-refractivity contribution in [3.8, 4) is 0 Å². The first-order valence-corrected chi connectivity index (χ1v) is 11.4. The van der Waals surface area contributed by atoms with Gasteiger partial charge < -0.3 is 4.90 Å². The largest absolute Gasteiger partial charge is 0.311 e. The molecule has 0 N–H and O–H groups in total. The van der Waals surface area contributed by atoms with Crippen LogP contribution < -0.4 is 4.90 Å². The van der Waals surface area contributed by atoms with Crippen LogP contribution in [0.5, 0.6) is 0 Å². The van der Waals surface area contributed by atoms with Gasteiger partial charge >= 0.3 is 0 Å². The third-order valence-corrected chi connectivity index (χ3v) is 6.43. The Hall–Kier alpha value is -4.10. The lowest BCUT2D eigenvalue weighted by Gasteiger charge is -2.33. The van der Waals surface area contributed by atoms with Crippen molar-refractivity contribution in [1.29, 1.82) is 0 Å². The molecule has 0 aliphatic carbocycles. The molecule has 0 unspecified atom stereocenters. The highest BCUT2D eigenvalue weighted by molar-refractivity contribution is 5.76. The highest BCUT2D eigenvalue weighted by Gasteiger charge is 2.31. The van der Waals surface area contributed by atoms with Crippen molar-refractivity contribution < 1.29 is 0 Å². The SMILES string of the molecule is CC(c1ccccc1)(c1ccccc1)c1ccc(N(c2ccccc2)c2ccccc2)cc1. The van der Waals surface area contributed by atoms with Gasteiger partial charge in [-0.15, -0.1) is 0 Å². The van der Waals surface area contributed by atoms with E-state index in [4.69, 9.17) is 0 Å². The molecule has 0 saturated carbocycles. The van der Waals surface area contributed by atoms with Crippen LogP contribution in [0.15, 0.2) is 146 Å². The van der Waals surface area contributed by atoms with E-state index in [1.54, 1.807) is 0 Å². The molecule has 0 fully saturated rings. The van der Waals surface area contributed by atoms with Gasteiger partial charge in [-0.1, -0.05) is 109 Å². The average Bonchev–Trinajstić information content (AvgIpc) is 2.91. The molecule has 0 heterocycles. The van der Waals surface area contributed by atoms with Crippen molar-refractivity contribution >= 4 is 17.1 Å². The fourth-order valence-electron chi connectivity index (χ4n) is 4.59. The van der Waals surface area contributed by atoms with Crippen LogP contribution in [-0.4, -0.2) is 0 Å². The molecule has 0 aromatic heterocycles. The van der Waals surface area contributed by atoms with E-state index in [0.29, 0.717) is 0 Å². The standard InChI is InChI=1S/C32H27N/c1-32(26-14-6-2-7-15-26,27-16-8-3-9-17-27)28-22-24-31(25-23-28)33(29-18-10-4-11-19-29)30-20-12-5-13-21-30/h2-25H,1H3. The maximum absolute atomic E-state index is 2.32. The van der Waals surface area contributed by atoms with Gasteiger partial charge in [0, 0.05) is 22.5 Å². The highest BCUT2D eigenvalue weighted by Crippen LogP contribution is 2.41. The maximum Gasteiger partial charge on any atom is 0.0461 e. The van der Waals surface area contributed by atoms with E-state index < -0.39 is 0 Å². The van der Waals surface area contributed by atoms with E-state index in [2.05, 4.69) is 157 Å². The summed E-state index contributed by atoms with van der Waals surface area (Å²) >= 11 is 0. The lowest BCUT2D eigenvalue weighted by atomic mass is 9.71. The molecule has 0 aliphatic rings. The van der Waals surface area contributed by atoms with Crippen molar-refractivity contribution in [2.75, 3.05) is 4.90 Å². The third-order valence-electron chi connectivity index (χ3n) is 6.43. The van der Waals surface area contributed by atoms with Crippen molar-refractivity contribution in [3.63, 3.8) is 0 Å². The molecular weight excluding hydrogens is 398 g/mol. The number of para-hydroxylation sites is 2. The van der Waals surface area contributed by atoms with Crippen molar-refractivity contribution in [2.24, 2.45) is 0 Å². The Morgan fingerprint density at radius 1 is 0.364 bits per heavy atom. The molecule has 1 nitrogen and oxygen atoms in total. The minimum absolute atomic E-state index is 0.245. The van der Waals surface area contributed by atoms with E-state index in [0.717, 1.165) is 17.1 Å². The number of hydrogen-bond acceptors (Lipinski definition) is 1. The van der Waals surface area contributed by atoms with Gasteiger partial charge in [0.1, 0.15) is 0 Å². The lowest BCUT2D eigenvalue weighted by Crippen LogP contribution is -2.25. The summed E-state index contributed by atoms with van der Waals surface area (Å²) < 4.78 is 0. The molecule has 0 atom stereocenters. The Balaban J connectivity index is 1.61. The van der Waals surface area contributed by atoms with Crippen LogP contribution in [0.3, 0.4) is 0 Å². The normalized spacial score (nSPS) is 11.2. The molecule has 160 valence electrons. The van der Waals surface area contributed by atoms with Crippen LogP contribution in [0.25, 0.3) is 0 Å². The molecular formula is C32H27N. The fraction of sp³-hybridized carbons (Fsp3) is 0.0625. The topological polar surface area (TPSA) is 3.24 Å². The van der Waals surface area contributed by atoms with Crippen molar-refractivity contribution in [1.82, 2.24) is 0 Å². The summed E-state index contributed by atoms with van der Waals surface area (Å²) in [6.45, 7) is 2.32. The zero-order valence-corrected chi connectivity index (χ0v) is 18.8. The zero-order valence-electron chi connectivity index (χ0n) is 18.8. The highest BCUT2D eigenvalue weighted by atomic mass is 15.1. The summed E-state index contributed by atoms with van der Waals surface area (Å²) in [5.41, 5.74) is 7.02. The van der Waals surface area contributed by atoms with Crippen LogP contribution in [-0.2, 0) is 5.41 Å². The van der Waals surface area contributed by atoms with Crippen molar-refractivity contribution in [2.45, 2.75) is 12.3 Å². The Morgan fingerprint density at radius 2 is 0.667 bits per heavy atom. The molecule has 0 saturated heterocycles. The average molecular weight is 426 g/mol. The summed E-state index contributed by atoms with van der Waals surface area (Å²) in [5.74, 6) is 0. The van der Waals surface area contributed by atoms with Crippen LogP contribution in [0.4, 0.5) is 17.1 Å². The number of hydrogen-bond donors (Lipinski definition) is 0. The Morgan fingerprint density at radius 3 is 1.06 bits per heavy atom. The summed E-state index contributed by atoms with van der Waals surface area (Å²) in [4.78, 5) is 2.30. The van der Waals surface area contributed by atoms with Crippen molar-refractivity contribution in [3.05, 3.63) is 162 Å². The molecule has 33 heavy (non-hydrogen) atoms. The predicted octanol–water partition coefficient (Wildman–Crippen LogP) is 8.51. The molecule has 0 bridgehead atoms. The number of benzene rings is 5. The lowest BCUT2D eigenvalue weighted by molar-refractivity contribution is 0.692. The van der Waals surface area contributed by atoms with Gasteiger partial charge in [-0.3, -0.25) is 0 Å². The molecule has 0 amide bonds. The van der Waals surface area contributed by atoms with E-state index in [1.165, 1.54) is 16.7 Å². The number of nitrogens with zero attached hydrogens (tertiary/aromatic N) is 1. The smallest absolute Gasteiger partial charge is 0.0461 e. The van der Waals surface area contributed by atoms with E-state index in [9.17, 15) is 0 Å². The summed E-state index contributed by atoms with van der Waals surface area (Å²) in [7, 11) is 0. The predicted molar refractivity (Wildman–Crippen MR) is 140 cm³/mol.